The molecule has 2 heteroatoms. The Bertz CT molecular complexity index is 474. The molecule has 1 atom stereocenters. The topological polar surface area (TPSA) is 12.0 Å². The molecule has 2 rings (SSSR count). The summed E-state index contributed by atoms with van der Waals surface area (Å²) in [6.45, 7) is 7.47. The van der Waals surface area contributed by atoms with Crippen LogP contribution < -0.4 is 5.32 Å². The van der Waals surface area contributed by atoms with E-state index >= 15 is 0 Å². The van der Waals surface area contributed by atoms with Gasteiger partial charge in [0.15, 0.2) is 0 Å². The molecule has 1 aromatic heterocycles. The zero-order valence-electron chi connectivity index (χ0n) is 10.7. The van der Waals surface area contributed by atoms with Crippen molar-refractivity contribution in [2.24, 2.45) is 0 Å². The molecular weight excluding hydrogens is 226 g/mol. The molecule has 0 unspecified atom stereocenters. The van der Waals surface area contributed by atoms with Crippen molar-refractivity contribution in [2.75, 3.05) is 0 Å². The van der Waals surface area contributed by atoms with Crippen molar-refractivity contribution < 1.29 is 0 Å². The normalized spacial score (nSPS) is 12.6. The number of rotatable bonds is 4. The predicted octanol–water partition coefficient (Wildman–Crippen LogP) is 4.22. The SMILES string of the molecule is Cc1ccc(C)c(CN[C@@H](C)c2cccs2)c1. The first kappa shape index (κ1) is 12.3. The first-order valence-electron chi connectivity index (χ1n) is 6.00. The summed E-state index contributed by atoms with van der Waals surface area (Å²) in [4.78, 5) is 1.40. The highest BCUT2D eigenvalue weighted by Crippen LogP contribution is 2.19. The van der Waals surface area contributed by atoms with Crippen molar-refractivity contribution in [3.05, 3.63) is 57.3 Å². The molecular formula is C15H19NS. The van der Waals surface area contributed by atoms with Gasteiger partial charge in [-0.05, 0) is 43.3 Å². The Balaban J connectivity index is 2.00. The number of benzene rings is 1. The van der Waals surface area contributed by atoms with E-state index in [2.05, 4.69) is 61.8 Å². The van der Waals surface area contributed by atoms with E-state index in [-0.39, 0.29) is 0 Å². The molecule has 0 aliphatic heterocycles. The highest BCUT2D eigenvalue weighted by molar-refractivity contribution is 7.10. The molecule has 17 heavy (non-hydrogen) atoms. The van der Waals surface area contributed by atoms with Crippen LogP contribution in [0, 0.1) is 13.8 Å². The van der Waals surface area contributed by atoms with Gasteiger partial charge in [-0.15, -0.1) is 11.3 Å². The van der Waals surface area contributed by atoms with Gasteiger partial charge < -0.3 is 5.32 Å². The number of thiophene rings is 1. The van der Waals surface area contributed by atoms with Gasteiger partial charge in [0, 0.05) is 17.5 Å². The number of nitrogens with one attached hydrogen (secondary N) is 1. The molecule has 0 amide bonds. The lowest BCUT2D eigenvalue weighted by Crippen LogP contribution is -2.17. The van der Waals surface area contributed by atoms with E-state index in [1.165, 1.54) is 21.6 Å². The van der Waals surface area contributed by atoms with Crippen LogP contribution in [0.2, 0.25) is 0 Å². The first-order chi connectivity index (χ1) is 8.16. The lowest BCUT2D eigenvalue weighted by molar-refractivity contribution is 0.581. The quantitative estimate of drug-likeness (QED) is 0.850. The average Bonchev–Trinajstić information content (AvgIpc) is 2.83. The fraction of sp³-hybridized carbons (Fsp3) is 0.333. The summed E-state index contributed by atoms with van der Waals surface area (Å²) in [7, 11) is 0. The monoisotopic (exact) mass is 245 g/mol. The van der Waals surface area contributed by atoms with Crippen LogP contribution in [-0.4, -0.2) is 0 Å². The van der Waals surface area contributed by atoms with Crippen LogP contribution in [0.15, 0.2) is 35.7 Å². The minimum Gasteiger partial charge on any atom is -0.305 e. The van der Waals surface area contributed by atoms with Crippen molar-refractivity contribution in [1.82, 2.24) is 5.32 Å². The second-order valence-corrected chi connectivity index (χ2v) is 5.53. The average molecular weight is 245 g/mol. The van der Waals surface area contributed by atoms with Gasteiger partial charge >= 0.3 is 0 Å². The van der Waals surface area contributed by atoms with Gasteiger partial charge in [-0.1, -0.05) is 29.8 Å². The molecule has 2 aromatic rings. The molecule has 0 spiro atoms. The molecule has 0 bridgehead atoms. The van der Waals surface area contributed by atoms with E-state index in [4.69, 9.17) is 0 Å². The van der Waals surface area contributed by atoms with Gasteiger partial charge in [-0.25, -0.2) is 0 Å². The van der Waals surface area contributed by atoms with E-state index in [1.54, 1.807) is 0 Å². The minimum atomic E-state index is 0.426. The van der Waals surface area contributed by atoms with Crippen LogP contribution >= 0.6 is 11.3 Å². The summed E-state index contributed by atoms with van der Waals surface area (Å²) in [6, 6.07) is 11.4. The van der Waals surface area contributed by atoms with E-state index < -0.39 is 0 Å². The van der Waals surface area contributed by atoms with E-state index in [0.29, 0.717) is 6.04 Å². The number of hydrogen-bond donors (Lipinski definition) is 1. The molecule has 1 N–H and O–H groups in total. The van der Waals surface area contributed by atoms with Gasteiger partial charge in [0.1, 0.15) is 0 Å². The van der Waals surface area contributed by atoms with Gasteiger partial charge in [0.05, 0.1) is 0 Å². The molecule has 0 aliphatic rings. The van der Waals surface area contributed by atoms with Crippen molar-refractivity contribution in [2.45, 2.75) is 33.4 Å². The highest BCUT2D eigenvalue weighted by Gasteiger charge is 2.06. The van der Waals surface area contributed by atoms with Crippen molar-refractivity contribution in [3.8, 4) is 0 Å². The summed E-state index contributed by atoms with van der Waals surface area (Å²) >= 11 is 1.81. The molecule has 0 radical (unpaired) electrons. The molecule has 0 aliphatic carbocycles. The van der Waals surface area contributed by atoms with Crippen LogP contribution in [-0.2, 0) is 6.54 Å². The fourth-order valence-electron chi connectivity index (χ4n) is 1.89. The molecule has 0 fully saturated rings. The smallest absolute Gasteiger partial charge is 0.0388 e. The van der Waals surface area contributed by atoms with Gasteiger partial charge in [-0.2, -0.15) is 0 Å². The molecule has 1 nitrogen and oxygen atoms in total. The highest BCUT2D eigenvalue weighted by atomic mass is 32.1. The van der Waals surface area contributed by atoms with Crippen LogP contribution in [0.25, 0.3) is 0 Å². The Morgan fingerprint density at radius 2 is 2.06 bits per heavy atom. The zero-order chi connectivity index (χ0) is 12.3. The summed E-state index contributed by atoms with van der Waals surface area (Å²) in [5.41, 5.74) is 4.09. The molecule has 0 saturated carbocycles. The van der Waals surface area contributed by atoms with Crippen LogP contribution in [0.1, 0.15) is 34.5 Å². The third kappa shape index (κ3) is 3.18. The van der Waals surface area contributed by atoms with Gasteiger partial charge in [0.2, 0.25) is 0 Å². The zero-order valence-corrected chi connectivity index (χ0v) is 11.5. The third-order valence-electron chi connectivity index (χ3n) is 3.07. The van der Waals surface area contributed by atoms with Crippen molar-refractivity contribution in [3.63, 3.8) is 0 Å². The Morgan fingerprint density at radius 3 is 2.76 bits per heavy atom. The second kappa shape index (κ2) is 5.48. The molecule has 1 aromatic carbocycles. The number of aryl methyl sites for hydroxylation is 2. The predicted molar refractivity (Wildman–Crippen MR) is 75.5 cm³/mol. The fourth-order valence-corrected chi connectivity index (χ4v) is 2.65. The van der Waals surface area contributed by atoms with Crippen LogP contribution in [0.3, 0.4) is 0 Å². The lowest BCUT2D eigenvalue weighted by atomic mass is 10.1. The Morgan fingerprint density at radius 1 is 1.24 bits per heavy atom. The Labute approximate surface area is 108 Å². The largest absolute Gasteiger partial charge is 0.305 e. The van der Waals surface area contributed by atoms with Gasteiger partial charge in [-0.3, -0.25) is 0 Å². The summed E-state index contributed by atoms with van der Waals surface area (Å²) in [5.74, 6) is 0. The van der Waals surface area contributed by atoms with E-state index in [0.717, 1.165) is 6.54 Å². The maximum Gasteiger partial charge on any atom is 0.0388 e. The Kier molecular flexibility index (Phi) is 3.97. The maximum absolute atomic E-state index is 3.58. The molecule has 1 heterocycles. The molecule has 90 valence electrons. The van der Waals surface area contributed by atoms with Gasteiger partial charge in [0.25, 0.3) is 0 Å². The molecule has 0 saturated heterocycles. The second-order valence-electron chi connectivity index (χ2n) is 4.55. The maximum atomic E-state index is 3.58. The number of hydrogen-bond acceptors (Lipinski definition) is 2. The van der Waals surface area contributed by atoms with Crippen molar-refractivity contribution >= 4 is 11.3 Å². The van der Waals surface area contributed by atoms with E-state index in [1.807, 2.05) is 11.3 Å². The first-order valence-corrected chi connectivity index (χ1v) is 6.87. The standard InChI is InChI=1S/C15H19NS/c1-11-6-7-12(2)14(9-11)10-16-13(3)15-5-4-8-17-15/h4-9,13,16H,10H2,1-3H3/t13-/m0/s1. The van der Waals surface area contributed by atoms with E-state index in [9.17, 15) is 0 Å². The van der Waals surface area contributed by atoms with Crippen LogP contribution in [0.5, 0.6) is 0 Å². The third-order valence-corrected chi connectivity index (χ3v) is 4.13. The van der Waals surface area contributed by atoms with Crippen molar-refractivity contribution in [1.29, 1.82) is 0 Å². The lowest BCUT2D eigenvalue weighted by Gasteiger charge is -2.14. The van der Waals surface area contributed by atoms with Crippen LogP contribution in [0.4, 0.5) is 0 Å². The Hall–Kier alpha value is -1.12. The summed E-state index contributed by atoms with van der Waals surface area (Å²) < 4.78 is 0. The summed E-state index contributed by atoms with van der Waals surface area (Å²) in [5, 5.41) is 5.71. The summed E-state index contributed by atoms with van der Waals surface area (Å²) in [6.07, 6.45) is 0. The minimum absolute atomic E-state index is 0.426.